The van der Waals surface area contributed by atoms with Gasteiger partial charge in [-0.3, -0.25) is 0 Å². The first-order chi connectivity index (χ1) is 9.17. The van der Waals surface area contributed by atoms with Crippen molar-refractivity contribution in [1.82, 2.24) is 4.90 Å². The first kappa shape index (κ1) is 14.4. The molecule has 0 amide bonds. The Kier molecular flexibility index (Phi) is 4.83. The van der Waals surface area contributed by atoms with Gasteiger partial charge in [0.15, 0.2) is 0 Å². The number of benzene rings is 1. The quantitative estimate of drug-likeness (QED) is 0.900. The van der Waals surface area contributed by atoms with Crippen molar-refractivity contribution in [2.75, 3.05) is 38.2 Å². The van der Waals surface area contributed by atoms with Crippen molar-refractivity contribution < 1.29 is 5.11 Å². The minimum Gasteiger partial charge on any atom is -0.396 e. The average Bonchev–Trinajstić information content (AvgIpc) is 2.40. The maximum Gasteiger partial charge on any atom is 0.0451 e. The van der Waals surface area contributed by atoms with Crippen molar-refractivity contribution >= 4 is 5.69 Å². The molecule has 1 aliphatic rings. The van der Waals surface area contributed by atoms with Crippen LogP contribution in [0, 0.1) is 6.92 Å². The summed E-state index contributed by atoms with van der Waals surface area (Å²) in [6, 6.07) is 7.00. The van der Waals surface area contributed by atoms with E-state index in [9.17, 15) is 5.11 Å². The average molecular weight is 262 g/mol. The highest BCUT2D eigenvalue weighted by Gasteiger charge is 2.27. The fraction of sp³-hybridized carbons (Fsp3) is 0.625. The molecule has 0 aliphatic carbocycles. The summed E-state index contributed by atoms with van der Waals surface area (Å²) in [5, 5.41) is 9.32. The molecule has 106 valence electrons. The second kappa shape index (κ2) is 6.40. The minimum atomic E-state index is 0.266. The van der Waals surface area contributed by atoms with Gasteiger partial charge in [0, 0.05) is 38.0 Å². The first-order valence-electron chi connectivity index (χ1n) is 7.32. The zero-order chi connectivity index (χ0) is 13.8. The van der Waals surface area contributed by atoms with E-state index in [2.05, 4.69) is 48.9 Å². The van der Waals surface area contributed by atoms with Crippen LogP contribution in [-0.4, -0.2) is 49.3 Å². The van der Waals surface area contributed by atoms with E-state index in [4.69, 9.17) is 0 Å². The third-order valence-corrected chi connectivity index (χ3v) is 4.14. The van der Waals surface area contributed by atoms with Crippen LogP contribution >= 0.6 is 0 Å². The third-order valence-electron chi connectivity index (χ3n) is 4.14. The van der Waals surface area contributed by atoms with Gasteiger partial charge >= 0.3 is 0 Å². The molecule has 19 heavy (non-hydrogen) atoms. The normalized spacial score (nSPS) is 20.8. The van der Waals surface area contributed by atoms with Gasteiger partial charge in [0.1, 0.15) is 0 Å². The van der Waals surface area contributed by atoms with Gasteiger partial charge in [-0.2, -0.15) is 0 Å². The molecule has 1 fully saturated rings. The maximum absolute atomic E-state index is 9.32. The van der Waals surface area contributed by atoms with Gasteiger partial charge in [-0.1, -0.05) is 25.1 Å². The van der Waals surface area contributed by atoms with E-state index in [0.717, 1.165) is 32.5 Å². The molecule has 1 heterocycles. The highest BCUT2D eigenvalue weighted by Crippen LogP contribution is 2.29. The molecule has 0 bridgehead atoms. The fourth-order valence-electron chi connectivity index (χ4n) is 3.12. The topological polar surface area (TPSA) is 26.7 Å². The molecule has 3 heteroatoms. The molecule has 0 saturated carbocycles. The number of anilines is 1. The van der Waals surface area contributed by atoms with Crippen molar-refractivity contribution in [3.05, 3.63) is 29.3 Å². The summed E-state index contributed by atoms with van der Waals surface area (Å²) < 4.78 is 0. The first-order valence-corrected chi connectivity index (χ1v) is 7.32. The number of piperazine rings is 1. The Morgan fingerprint density at radius 1 is 1.32 bits per heavy atom. The number of hydrogen-bond acceptors (Lipinski definition) is 3. The summed E-state index contributed by atoms with van der Waals surface area (Å²) in [4.78, 5) is 4.88. The highest BCUT2D eigenvalue weighted by molar-refractivity contribution is 5.60. The number of nitrogens with zero attached hydrogens (tertiary/aromatic N) is 2. The van der Waals surface area contributed by atoms with Crippen LogP contribution in [0.5, 0.6) is 0 Å². The van der Waals surface area contributed by atoms with Gasteiger partial charge in [0.25, 0.3) is 0 Å². The lowest BCUT2D eigenvalue weighted by Gasteiger charge is -2.43. The lowest BCUT2D eigenvalue weighted by Crippen LogP contribution is -2.52. The monoisotopic (exact) mass is 262 g/mol. The molecule has 1 aromatic rings. The molecule has 0 aromatic heterocycles. The number of likely N-dealkylation sites (N-methyl/N-ethyl adjacent to an activating group) is 1. The van der Waals surface area contributed by atoms with Gasteiger partial charge in [-0.15, -0.1) is 0 Å². The van der Waals surface area contributed by atoms with Crippen LogP contribution in [0.3, 0.4) is 0 Å². The molecule has 0 spiro atoms. The lowest BCUT2D eigenvalue weighted by atomic mass is 10.0. The molecule has 1 aromatic carbocycles. The number of rotatable bonds is 4. The van der Waals surface area contributed by atoms with Gasteiger partial charge < -0.3 is 14.9 Å². The van der Waals surface area contributed by atoms with Crippen LogP contribution in [0.1, 0.15) is 24.5 Å². The fourth-order valence-corrected chi connectivity index (χ4v) is 3.12. The number of aliphatic hydroxyl groups excluding tert-OH is 1. The van der Waals surface area contributed by atoms with Crippen LogP contribution in [0.2, 0.25) is 0 Å². The van der Waals surface area contributed by atoms with Crippen molar-refractivity contribution in [2.24, 2.45) is 0 Å². The Labute approximate surface area is 116 Å². The predicted molar refractivity (Wildman–Crippen MR) is 80.9 cm³/mol. The second-order valence-corrected chi connectivity index (χ2v) is 5.56. The van der Waals surface area contributed by atoms with Crippen LogP contribution in [0.15, 0.2) is 18.2 Å². The number of para-hydroxylation sites is 1. The lowest BCUT2D eigenvalue weighted by molar-refractivity contribution is 0.219. The molecule has 1 saturated heterocycles. The summed E-state index contributed by atoms with van der Waals surface area (Å²) in [5.74, 6) is 0. The third kappa shape index (κ3) is 3.10. The van der Waals surface area contributed by atoms with Gasteiger partial charge in [-0.25, -0.2) is 0 Å². The zero-order valence-corrected chi connectivity index (χ0v) is 12.4. The summed E-state index contributed by atoms with van der Waals surface area (Å²) >= 11 is 0. The van der Waals surface area contributed by atoms with Crippen LogP contribution in [0.4, 0.5) is 5.69 Å². The molecule has 3 nitrogen and oxygen atoms in total. The molecular weight excluding hydrogens is 236 g/mol. The summed E-state index contributed by atoms with van der Waals surface area (Å²) in [6.45, 7) is 7.87. The van der Waals surface area contributed by atoms with Gasteiger partial charge in [0.05, 0.1) is 0 Å². The van der Waals surface area contributed by atoms with E-state index >= 15 is 0 Å². The zero-order valence-electron chi connectivity index (χ0n) is 12.4. The van der Waals surface area contributed by atoms with Crippen molar-refractivity contribution in [2.45, 2.75) is 32.7 Å². The van der Waals surface area contributed by atoms with E-state index in [1.54, 1.807) is 0 Å². The van der Waals surface area contributed by atoms with E-state index in [1.165, 1.54) is 16.8 Å². The van der Waals surface area contributed by atoms with E-state index in [-0.39, 0.29) is 6.61 Å². The summed E-state index contributed by atoms with van der Waals surface area (Å²) in [5.41, 5.74) is 4.18. The minimum absolute atomic E-state index is 0.266. The molecule has 1 unspecified atom stereocenters. The maximum atomic E-state index is 9.32. The smallest absolute Gasteiger partial charge is 0.0451 e. The van der Waals surface area contributed by atoms with Gasteiger partial charge in [-0.05, 0) is 37.9 Å². The summed E-state index contributed by atoms with van der Waals surface area (Å²) in [6.07, 6.45) is 1.91. The second-order valence-electron chi connectivity index (χ2n) is 5.56. The summed E-state index contributed by atoms with van der Waals surface area (Å²) in [7, 11) is 2.17. The highest BCUT2D eigenvalue weighted by atomic mass is 16.3. The van der Waals surface area contributed by atoms with E-state index in [0.29, 0.717) is 6.04 Å². The van der Waals surface area contributed by atoms with Crippen LogP contribution in [0.25, 0.3) is 0 Å². The Morgan fingerprint density at radius 3 is 2.79 bits per heavy atom. The van der Waals surface area contributed by atoms with E-state index in [1.807, 2.05) is 0 Å². The molecule has 1 atom stereocenters. The molecule has 1 N–H and O–H groups in total. The Bertz CT molecular complexity index is 419. The van der Waals surface area contributed by atoms with Crippen LogP contribution in [-0.2, 0) is 6.42 Å². The largest absolute Gasteiger partial charge is 0.396 e. The van der Waals surface area contributed by atoms with E-state index < -0.39 is 0 Å². The number of hydrogen-bond donors (Lipinski definition) is 1. The predicted octanol–water partition coefficient (Wildman–Crippen LogP) is 2.06. The molecule has 0 radical (unpaired) electrons. The molecule has 2 rings (SSSR count). The Morgan fingerprint density at radius 2 is 2.11 bits per heavy atom. The molecule has 1 aliphatic heterocycles. The van der Waals surface area contributed by atoms with Crippen molar-refractivity contribution in [3.63, 3.8) is 0 Å². The van der Waals surface area contributed by atoms with Gasteiger partial charge in [0.2, 0.25) is 0 Å². The SMILES string of the molecule is CCc1cccc(C)c1N1CCN(C)CC1CCO. The number of aryl methyl sites for hydroxylation is 2. The Hall–Kier alpha value is -1.06. The van der Waals surface area contributed by atoms with Crippen molar-refractivity contribution in [3.8, 4) is 0 Å². The van der Waals surface area contributed by atoms with Crippen molar-refractivity contribution in [1.29, 1.82) is 0 Å². The van der Waals surface area contributed by atoms with Crippen LogP contribution < -0.4 is 4.90 Å². The Balaban J connectivity index is 2.32. The molecular formula is C16H26N2O. The standard InChI is InChI=1S/C16H26N2O/c1-4-14-7-5-6-13(2)16(14)18-10-9-17(3)12-15(18)8-11-19/h5-7,15,19H,4,8-12H2,1-3H3. The number of aliphatic hydroxyl groups is 1.